The first-order valence-electron chi connectivity index (χ1n) is 4.71. The third kappa shape index (κ3) is 3.70. The van der Waals surface area contributed by atoms with Crippen molar-refractivity contribution in [1.82, 2.24) is 0 Å². The number of anilines is 1. The monoisotopic (exact) mass is 261 g/mol. The minimum atomic E-state index is -3.56. The van der Waals surface area contributed by atoms with Gasteiger partial charge in [0.05, 0.1) is 17.9 Å². The molecule has 0 aliphatic carbocycles. The Kier molecular flexibility index (Phi) is 3.72. The van der Waals surface area contributed by atoms with Crippen molar-refractivity contribution in [3.05, 3.63) is 29.6 Å². The van der Waals surface area contributed by atoms with Gasteiger partial charge in [-0.15, -0.1) is 0 Å². The summed E-state index contributed by atoms with van der Waals surface area (Å²) in [7, 11) is -3.56. The van der Waals surface area contributed by atoms with Gasteiger partial charge in [-0.1, -0.05) is 6.07 Å². The number of sulfonamides is 1. The zero-order valence-corrected chi connectivity index (χ0v) is 10.1. The molecule has 7 heteroatoms. The second kappa shape index (κ2) is 4.70. The van der Waals surface area contributed by atoms with Gasteiger partial charge in [-0.25, -0.2) is 12.8 Å². The molecule has 0 aliphatic heterocycles. The van der Waals surface area contributed by atoms with Crippen molar-refractivity contribution in [2.75, 3.05) is 11.0 Å². The number of carbonyl (C=O) groups is 1. The highest BCUT2D eigenvalue weighted by molar-refractivity contribution is 7.92. The molecule has 0 heterocycles. The summed E-state index contributed by atoms with van der Waals surface area (Å²) in [6.45, 7) is 1.42. The molecule has 0 aromatic heterocycles. The summed E-state index contributed by atoms with van der Waals surface area (Å²) >= 11 is 0. The van der Waals surface area contributed by atoms with Gasteiger partial charge in [0.2, 0.25) is 10.0 Å². The lowest BCUT2D eigenvalue weighted by Crippen LogP contribution is -2.12. The molecule has 1 aromatic carbocycles. The molecule has 1 rings (SSSR count). The summed E-state index contributed by atoms with van der Waals surface area (Å²) in [5.41, 5.74) is 0.0721. The number of nitrogens with one attached hydrogen (secondary N) is 1. The molecule has 1 aromatic rings. The third-order valence-electron chi connectivity index (χ3n) is 2.16. The molecule has 94 valence electrons. The molecule has 1 atom stereocenters. The Morgan fingerprint density at radius 2 is 2.06 bits per heavy atom. The van der Waals surface area contributed by atoms with Crippen molar-refractivity contribution in [2.45, 2.75) is 12.8 Å². The van der Waals surface area contributed by atoms with E-state index in [-0.39, 0.29) is 11.3 Å². The lowest BCUT2D eigenvalue weighted by Gasteiger charge is -2.09. The highest BCUT2D eigenvalue weighted by Crippen LogP contribution is 2.22. The largest absolute Gasteiger partial charge is 0.481 e. The zero-order chi connectivity index (χ0) is 13.2. The fraction of sp³-hybridized carbons (Fsp3) is 0.300. The summed E-state index contributed by atoms with van der Waals surface area (Å²) in [5.74, 6) is -2.73. The van der Waals surface area contributed by atoms with Crippen molar-refractivity contribution in [2.24, 2.45) is 0 Å². The molecule has 0 radical (unpaired) electrons. The first kappa shape index (κ1) is 13.4. The first-order valence-corrected chi connectivity index (χ1v) is 6.60. The van der Waals surface area contributed by atoms with E-state index in [0.717, 1.165) is 12.3 Å². The lowest BCUT2D eigenvalue weighted by atomic mass is 10.0. The highest BCUT2D eigenvalue weighted by atomic mass is 32.2. The first-order chi connectivity index (χ1) is 7.70. The molecule has 0 saturated carbocycles. The summed E-state index contributed by atoms with van der Waals surface area (Å²) in [4.78, 5) is 10.7. The number of hydrogen-bond donors (Lipinski definition) is 2. The van der Waals surface area contributed by atoms with E-state index in [2.05, 4.69) is 0 Å². The van der Waals surface area contributed by atoms with Gasteiger partial charge in [-0.3, -0.25) is 9.52 Å². The quantitative estimate of drug-likeness (QED) is 0.857. The van der Waals surface area contributed by atoms with Gasteiger partial charge in [-0.2, -0.15) is 0 Å². The van der Waals surface area contributed by atoms with Crippen LogP contribution in [0.25, 0.3) is 0 Å². The number of carboxylic acids is 1. The molecule has 0 amide bonds. The summed E-state index contributed by atoms with van der Waals surface area (Å²) < 4.78 is 37.3. The number of hydrogen-bond acceptors (Lipinski definition) is 3. The van der Waals surface area contributed by atoms with Crippen LogP contribution in [0.1, 0.15) is 18.4 Å². The molecule has 1 unspecified atom stereocenters. The van der Waals surface area contributed by atoms with Gasteiger partial charge in [0.25, 0.3) is 0 Å². The maximum absolute atomic E-state index is 13.5. The fourth-order valence-corrected chi connectivity index (χ4v) is 1.79. The van der Waals surface area contributed by atoms with Crippen LogP contribution < -0.4 is 4.72 Å². The summed E-state index contributed by atoms with van der Waals surface area (Å²) in [6, 6.07) is 3.58. The van der Waals surface area contributed by atoms with Gasteiger partial charge in [0.15, 0.2) is 0 Å². The standard InChI is InChI=1S/C10H12FNO4S/c1-6(10(13)14)7-3-4-9(8(11)5-7)12-17(2,15)16/h3-6,12H,1-2H3,(H,13,14). The lowest BCUT2D eigenvalue weighted by molar-refractivity contribution is -0.138. The van der Waals surface area contributed by atoms with E-state index < -0.39 is 27.7 Å². The Morgan fingerprint density at radius 3 is 2.47 bits per heavy atom. The van der Waals surface area contributed by atoms with Crippen molar-refractivity contribution in [3.8, 4) is 0 Å². The molecule has 0 saturated heterocycles. The van der Waals surface area contributed by atoms with E-state index in [9.17, 15) is 17.6 Å². The Labute approximate surface area is 98.3 Å². The van der Waals surface area contributed by atoms with Gasteiger partial charge in [0, 0.05) is 0 Å². The van der Waals surface area contributed by atoms with E-state index in [1.54, 1.807) is 0 Å². The maximum Gasteiger partial charge on any atom is 0.310 e. The molecule has 0 fully saturated rings. The van der Waals surface area contributed by atoms with Gasteiger partial charge in [0.1, 0.15) is 5.82 Å². The van der Waals surface area contributed by atoms with Crippen LogP contribution in [-0.4, -0.2) is 25.7 Å². The molecule has 0 spiro atoms. The molecule has 0 bridgehead atoms. The molecule has 17 heavy (non-hydrogen) atoms. The maximum atomic E-state index is 13.5. The number of carboxylic acid groups (broad SMARTS) is 1. The van der Waals surface area contributed by atoms with Crippen molar-refractivity contribution in [1.29, 1.82) is 0 Å². The Balaban J connectivity index is 3.06. The summed E-state index contributed by atoms with van der Waals surface area (Å²) in [5, 5.41) is 8.75. The average molecular weight is 261 g/mol. The fourth-order valence-electron chi connectivity index (χ4n) is 1.23. The number of aliphatic carboxylic acids is 1. The second-order valence-electron chi connectivity index (χ2n) is 3.67. The van der Waals surface area contributed by atoms with E-state index in [4.69, 9.17) is 5.11 Å². The van der Waals surface area contributed by atoms with E-state index in [0.29, 0.717) is 0 Å². The van der Waals surface area contributed by atoms with E-state index in [1.807, 2.05) is 4.72 Å². The van der Waals surface area contributed by atoms with Crippen molar-refractivity contribution < 1.29 is 22.7 Å². The predicted molar refractivity (Wildman–Crippen MR) is 60.9 cm³/mol. The van der Waals surface area contributed by atoms with Crippen LogP contribution in [-0.2, 0) is 14.8 Å². The third-order valence-corrected chi connectivity index (χ3v) is 2.75. The molecular weight excluding hydrogens is 249 g/mol. The van der Waals surface area contributed by atoms with Crippen LogP contribution in [0.5, 0.6) is 0 Å². The van der Waals surface area contributed by atoms with Crippen LogP contribution in [0, 0.1) is 5.82 Å². The SMILES string of the molecule is CC(C(=O)O)c1ccc(NS(C)(=O)=O)c(F)c1. The van der Waals surface area contributed by atoms with Crippen LogP contribution in [0.2, 0.25) is 0 Å². The normalized spacial score (nSPS) is 13.1. The van der Waals surface area contributed by atoms with Gasteiger partial charge >= 0.3 is 5.97 Å². The van der Waals surface area contributed by atoms with Gasteiger partial charge < -0.3 is 5.11 Å². The van der Waals surface area contributed by atoms with Crippen LogP contribution >= 0.6 is 0 Å². The number of rotatable bonds is 4. The predicted octanol–water partition coefficient (Wildman–Crippen LogP) is 1.39. The molecular formula is C10H12FNO4S. The van der Waals surface area contributed by atoms with E-state index >= 15 is 0 Å². The van der Waals surface area contributed by atoms with Crippen molar-refractivity contribution >= 4 is 21.7 Å². The smallest absolute Gasteiger partial charge is 0.310 e. The Morgan fingerprint density at radius 1 is 1.47 bits per heavy atom. The zero-order valence-electron chi connectivity index (χ0n) is 9.27. The van der Waals surface area contributed by atoms with Crippen molar-refractivity contribution in [3.63, 3.8) is 0 Å². The minimum absolute atomic E-state index is 0.200. The van der Waals surface area contributed by atoms with Crippen LogP contribution in [0.4, 0.5) is 10.1 Å². The van der Waals surface area contributed by atoms with Gasteiger partial charge in [-0.05, 0) is 24.6 Å². The molecule has 0 aliphatic rings. The average Bonchev–Trinajstić information content (AvgIpc) is 2.18. The number of benzene rings is 1. The molecule has 2 N–H and O–H groups in total. The van der Waals surface area contributed by atoms with Crippen LogP contribution in [0.15, 0.2) is 18.2 Å². The topological polar surface area (TPSA) is 83.5 Å². The van der Waals surface area contributed by atoms with Crippen LogP contribution in [0.3, 0.4) is 0 Å². The summed E-state index contributed by atoms with van der Waals surface area (Å²) in [6.07, 6.45) is 0.903. The minimum Gasteiger partial charge on any atom is -0.481 e. The Bertz CT molecular complexity index is 541. The second-order valence-corrected chi connectivity index (χ2v) is 5.42. The molecule has 5 nitrogen and oxygen atoms in total. The Hall–Kier alpha value is -1.63. The van der Waals surface area contributed by atoms with E-state index in [1.165, 1.54) is 19.1 Å². The number of halogens is 1. The highest BCUT2D eigenvalue weighted by Gasteiger charge is 2.16.